The maximum atomic E-state index is 12.7. The van der Waals surface area contributed by atoms with Crippen molar-refractivity contribution in [2.45, 2.75) is 85.9 Å². The Balaban J connectivity index is 2.33. The summed E-state index contributed by atoms with van der Waals surface area (Å²) in [6.07, 6.45) is 4.28. The second-order valence-corrected chi connectivity index (χ2v) is 16.6. The van der Waals surface area contributed by atoms with E-state index in [1.165, 1.54) is 5.57 Å². The monoisotopic (exact) mass is 436 g/mol. The minimum Gasteiger partial charge on any atom is -0.481 e. The van der Waals surface area contributed by atoms with E-state index in [1.54, 1.807) is 6.92 Å². The van der Waals surface area contributed by atoms with Gasteiger partial charge in [0.1, 0.15) is 5.78 Å². The Bertz CT molecular complexity index is 673. The van der Waals surface area contributed by atoms with Crippen LogP contribution in [-0.2, 0) is 14.0 Å². The first-order chi connectivity index (χ1) is 13.7. The van der Waals surface area contributed by atoms with E-state index in [-0.39, 0.29) is 28.6 Å². The van der Waals surface area contributed by atoms with E-state index in [1.807, 2.05) is 0 Å². The first kappa shape index (κ1) is 25.3. The predicted octanol–water partition coefficient (Wildman–Crippen LogP) is 6.18. The molecule has 2 aliphatic rings. The van der Waals surface area contributed by atoms with Crippen LogP contribution in [0.5, 0.6) is 0 Å². The Morgan fingerprint density at radius 3 is 2.27 bits per heavy atom. The molecular weight excluding hydrogens is 392 g/mol. The van der Waals surface area contributed by atoms with Gasteiger partial charge in [0.2, 0.25) is 0 Å². The van der Waals surface area contributed by atoms with Gasteiger partial charge in [-0.25, -0.2) is 0 Å². The van der Waals surface area contributed by atoms with E-state index in [4.69, 9.17) is 4.43 Å². The lowest BCUT2D eigenvalue weighted by Gasteiger charge is -2.48. The number of hydrogen-bond acceptors (Lipinski definition) is 3. The molecule has 0 aromatic heterocycles. The van der Waals surface area contributed by atoms with Gasteiger partial charge in [-0.2, -0.15) is 0 Å². The Kier molecular flexibility index (Phi) is 7.83. The summed E-state index contributed by atoms with van der Waals surface area (Å²) in [4.78, 5) is 24.4. The first-order valence-corrected chi connectivity index (χ1v) is 14.6. The highest BCUT2D eigenvalue weighted by atomic mass is 28.4. The summed E-state index contributed by atoms with van der Waals surface area (Å²) >= 11 is 0. The average Bonchev–Trinajstić information content (AvgIpc) is 2.59. The van der Waals surface area contributed by atoms with Crippen LogP contribution >= 0.6 is 0 Å². The van der Waals surface area contributed by atoms with Crippen molar-refractivity contribution in [3.05, 3.63) is 11.6 Å². The van der Waals surface area contributed by atoms with E-state index >= 15 is 0 Å². The molecule has 30 heavy (non-hydrogen) atoms. The zero-order valence-corrected chi connectivity index (χ0v) is 21.6. The average molecular weight is 437 g/mol. The molecule has 0 spiro atoms. The molecule has 4 nitrogen and oxygen atoms in total. The highest BCUT2D eigenvalue weighted by molar-refractivity contribution is 6.74. The summed E-state index contributed by atoms with van der Waals surface area (Å²) < 4.78 is 6.67. The molecule has 6 atom stereocenters. The highest BCUT2D eigenvalue weighted by Gasteiger charge is 2.48. The number of Topliss-reactive ketones (excluding diaryl/α,β-unsaturated/α-hetero) is 1. The summed E-state index contributed by atoms with van der Waals surface area (Å²) in [7, 11) is -1.86. The molecule has 172 valence electrons. The van der Waals surface area contributed by atoms with Crippen LogP contribution in [0.1, 0.15) is 67.7 Å². The van der Waals surface area contributed by atoms with Crippen LogP contribution in [0, 0.1) is 41.4 Å². The van der Waals surface area contributed by atoms with Crippen molar-refractivity contribution < 1.29 is 19.1 Å². The van der Waals surface area contributed by atoms with Gasteiger partial charge in [-0.05, 0) is 67.0 Å². The number of carboxylic acid groups (broad SMARTS) is 1. The zero-order chi connectivity index (χ0) is 23.0. The lowest BCUT2D eigenvalue weighted by atomic mass is 9.56. The van der Waals surface area contributed by atoms with Gasteiger partial charge in [-0.3, -0.25) is 9.59 Å². The Hall–Kier alpha value is -0.943. The van der Waals surface area contributed by atoms with Crippen LogP contribution in [0.25, 0.3) is 0 Å². The molecule has 2 rings (SSSR count). The van der Waals surface area contributed by atoms with Crippen molar-refractivity contribution in [2.75, 3.05) is 6.61 Å². The minimum atomic E-state index is -1.86. The van der Waals surface area contributed by atoms with Crippen molar-refractivity contribution in [1.29, 1.82) is 0 Å². The molecule has 0 radical (unpaired) electrons. The number of carbonyl (C=O) groups is 2. The lowest BCUT2D eigenvalue weighted by molar-refractivity contribution is -0.146. The number of hydrogen-bond donors (Lipinski definition) is 1. The Morgan fingerprint density at radius 2 is 1.77 bits per heavy atom. The molecule has 1 N–H and O–H groups in total. The van der Waals surface area contributed by atoms with E-state index < -0.39 is 20.2 Å². The van der Waals surface area contributed by atoms with Gasteiger partial charge in [-0.15, -0.1) is 0 Å². The molecule has 0 heterocycles. The van der Waals surface area contributed by atoms with Crippen molar-refractivity contribution >= 4 is 20.1 Å². The number of rotatable bonds is 7. The molecule has 0 unspecified atom stereocenters. The van der Waals surface area contributed by atoms with Crippen molar-refractivity contribution in [2.24, 2.45) is 41.4 Å². The normalized spacial score (nSPS) is 29.9. The second kappa shape index (κ2) is 9.28. The van der Waals surface area contributed by atoms with Gasteiger partial charge in [0, 0.05) is 19.4 Å². The smallest absolute Gasteiger partial charge is 0.306 e. The lowest BCUT2D eigenvalue weighted by Crippen LogP contribution is -2.47. The number of ketones is 1. The SMILES string of the molecule is CC1=C[C@@H]2[C@H]([C@H](C)C(=O)O)CC(=O)C[C@@H]2[C@H]([C@H](CO[Si](C)(C)C(C)(C)C)C(C)C)C1. The van der Waals surface area contributed by atoms with Crippen molar-refractivity contribution in [3.8, 4) is 0 Å². The molecule has 0 bridgehead atoms. The molecule has 0 saturated heterocycles. The quantitative estimate of drug-likeness (QED) is 0.382. The highest BCUT2D eigenvalue weighted by Crippen LogP contribution is 2.50. The van der Waals surface area contributed by atoms with Gasteiger partial charge >= 0.3 is 5.97 Å². The number of allylic oxidation sites excluding steroid dienone is 2. The van der Waals surface area contributed by atoms with E-state index in [0.29, 0.717) is 30.6 Å². The number of fused-ring (bicyclic) bond motifs is 1. The molecule has 5 heteroatoms. The van der Waals surface area contributed by atoms with Crippen LogP contribution in [-0.4, -0.2) is 31.8 Å². The maximum absolute atomic E-state index is 12.7. The van der Waals surface area contributed by atoms with Crippen LogP contribution in [0.3, 0.4) is 0 Å². The molecule has 2 aliphatic carbocycles. The van der Waals surface area contributed by atoms with Gasteiger partial charge in [0.15, 0.2) is 8.32 Å². The van der Waals surface area contributed by atoms with Gasteiger partial charge in [-0.1, -0.05) is 53.2 Å². The topological polar surface area (TPSA) is 63.6 Å². The third kappa shape index (κ3) is 5.45. The van der Waals surface area contributed by atoms with Crippen molar-refractivity contribution in [3.63, 3.8) is 0 Å². The largest absolute Gasteiger partial charge is 0.481 e. The Morgan fingerprint density at radius 1 is 1.17 bits per heavy atom. The fraction of sp³-hybridized carbons (Fsp3) is 0.840. The van der Waals surface area contributed by atoms with E-state index in [9.17, 15) is 14.7 Å². The summed E-state index contributed by atoms with van der Waals surface area (Å²) in [5.41, 5.74) is 1.34. The van der Waals surface area contributed by atoms with E-state index in [2.05, 4.69) is 60.7 Å². The molecule has 0 aliphatic heterocycles. The fourth-order valence-electron chi connectivity index (χ4n) is 5.30. The van der Waals surface area contributed by atoms with Gasteiger partial charge in [0.25, 0.3) is 0 Å². The predicted molar refractivity (Wildman–Crippen MR) is 125 cm³/mol. The summed E-state index contributed by atoms with van der Waals surface area (Å²) in [6, 6.07) is 0. The van der Waals surface area contributed by atoms with E-state index in [0.717, 1.165) is 13.0 Å². The third-order valence-corrected chi connectivity index (χ3v) is 12.9. The van der Waals surface area contributed by atoms with Crippen LogP contribution in [0.2, 0.25) is 18.1 Å². The summed E-state index contributed by atoms with van der Waals surface area (Å²) in [5, 5.41) is 9.81. The fourth-order valence-corrected chi connectivity index (χ4v) is 6.34. The second-order valence-electron chi connectivity index (χ2n) is 11.8. The van der Waals surface area contributed by atoms with Crippen LogP contribution in [0.15, 0.2) is 11.6 Å². The summed E-state index contributed by atoms with van der Waals surface area (Å²) in [6.45, 7) is 20.6. The van der Waals surface area contributed by atoms with Gasteiger partial charge in [0.05, 0.1) is 5.92 Å². The molecule has 1 saturated carbocycles. The molecule has 0 aromatic carbocycles. The first-order valence-electron chi connectivity index (χ1n) is 11.7. The maximum Gasteiger partial charge on any atom is 0.306 e. The zero-order valence-electron chi connectivity index (χ0n) is 20.6. The number of carboxylic acids is 1. The molecular formula is C25H44O4Si. The molecule has 1 fully saturated rings. The van der Waals surface area contributed by atoms with Crippen LogP contribution in [0.4, 0.5) is 0 Å². The minimum absolute atomic E-state index is 0.0966. The van der Waals surface area contributed by atoms with Crippen molar-refractivity contribution in [1.82, 2.24) is 0 Å². The Labute approximate surface area is 185 Å². The molecule has 0 amide bonds. The molecule has 0 aromatic rings. The number of carbonyl (C=O) groups excluding carboxylic acids is 1. The summed E-state index contributed by atoms with van der Waals surface area (Å²) in [5.74, 6) is 0.478. The third-order valence-electron chi connectivity index (χ3n) is 8.38. The standard InChI is InChI=1S/C25H44O4Si/c1-15(2)23(14-29-30(8,9)25(5,6)7)21-11-16(3)10-20-19(17(4)24(27)28)12-18(26)13-22(20)21/h10,15,17,19-23H,11-14H2,1-9H3,(H,27,28)/t17-,19-,20+,21+,22-,23+/m0/s1. The number of aliphatic carboxylic acids is 1. The van der Waals surface area contributed by atoms with Gasteiger partial charge < -0.3 is 9.53 Å². The van der Waals surface area contributed by atoms with Crippen LogP contribution < -0.4 is 0 Å².